The number of likely N-dealkylation sites (N-methyl/N-ethyl adjacent to an activating group) is 1. The largest absolute Gasteiger partial charge is 0.383 e. The fourth-order valence-corrected chi connectivity index (χ4v) is 2.60. The summed E-state index contributed by atoms with van der Waals surface area (Å²) in [7, 11) is 3.19. The van der Waals surface area contributed by atoms with Gasteiger partial charge in [0.1, 0.15) is 11.9 Å². The molecule has 0 bridgehead atoms. The maximum atomic E-state index is 13.8. The molecule has 1 aromatic carbocycles. The summed E-state index contributed by atoms with van der Waals surface area (Å²) in [5, 5.41) is 2.96. The Kier molecular flexibility index (Phi) is 6.06. The number of benzene rings is 1. The number of carbonyl (C=O) groups is 2. The highest BCUT2D eigenvalue weighted by Crippen LogP contribution is 2.26. The van der Waals surface area contributed by atoms with Crippen molar-refractivity contribution in [3.8, 4) is 0 Å². The van der Waals surface area contributed by atoms with Gasteiger partial charge in [-0.15, -0.1) is 0 Å². The first-order chi connectivity index (χ1) is 11.1. The van der Waals surface area contributed by atoms with Gasteiger partial charge in [0.25, 0.3) is 0 Å². The molecule has 2 rings (SSSR count). The van der Waals surface area contributed by atoms with Crippen molar-refractivity contribution in [2.24, 2.45) is 0 Å². The van der Waals surface area contributed by atoms with Gasteiger partial charge in [0.05, 0.1) is 18.8 Å². The molecule has 1 aliphatic heterocycles. The van der Waals surface area contributed by atoms with Crippen LogP contribution in [-0.4, -0.2) is 63.2 Å². The molecule has 0 aromatic heterocycles. The molecule has 1 aliphatic rings. The third-order valence-electron chi connectivity index (χ3n) is 3.94. The zero-order valence-electron chi connectivity index (χ0n) is 13.4. The van der Waals surface area contributed by atoms with Gasteiger partial charge in [0.2, 0.25) is 11.8 Å². The first-order valence-electron chi connectivity index (χ1n) is 7.57. The van der Waals surface area contributed by atoms with Gasteiger partial charge in [-0.25, -0.2) is 4.39 Å². The summed E-state index contributed by atoms with van der Waals surface area (Å²) in [6, 6.07) is 5.62. The third kappa shape index (κ3) is 4.05. The van der Waals surface area contributed by atoms with Gasteiger partial charge >= 0.3 is 0 Å². The quantitative estimate of drug-likeness (QED) is 0.748. The fraction of sp³-hybridized carbons (Fsp3) is 0.500. The van der Waals surface area contributed by atoms with Crippen LogP contribution in [0, 0.1) is 5.82 Å². The summed E-state index contributed by atoms with van der Waals surface area (Å²) in [5.41, 5.74) is 0.263. The van der Waals surface area contributed by atoms with Gasteiger partial charge < -0.3 is 19.9 Å². The van der Waals surface area contributed by atoms with Crippen molar-refractivity contribution < 1.29 is 18.7 Å². The second kappa shape index (κ2) is 8.03. The van der Waals surface area contributed by atoms with E-state index < -0.39 is 11.9 Å². The lowest BCUT2D eigenvalue weighted by molar-refractivity contribution is -0.136. The molecule has 1 aromatic rings. The Hall–Kier alpha value is -1.99. The molecule has 0 saturated carbocycles. The highest BCUT2D eigenvalue weighted by atomic mass is 19.1. The van der Waals surface area contributed by atoms with Crippen molar-refractivity contribution in [1.82, 2.24) is 10.2 Å². The van der Waals surface area contributed by atoms with Gasteiger partial charge in [-0.05, 0) is 18.6 Å². The zero-order chi connectivity index (χ0) is 16.8. The average Bonchev–Trinajstić information content (AvgIpc) is 2.92. The Morgan fingerprint density at radius 1 is 1.48 bits per heavy atom. The predicted molar refractivity (Wildman–Crippen MR) is 84.7 cm³/mol. The zero-order valence-corrected chi connectivity index (χ0v) is 13.4. The summed E-state index contributed by atoms with van der Waals surface area (Å²) in [5.74, 6) is -0.852. The van der Waals surface area contributed by atoms with E-state index in [9.17, 15) is 14.0 Å². The normalized spacial score (nSPS) is 17.6. The van der Waals surface area contributed by atoms with Gasteiger partial charge in [0.15, 0.2) is 0 Å². The van der Waals surface area contributed by atoms with Crippen molar-refractivity contribution in [1.29, 1.82) is 0 Å². The van der Waals surface area contributed by atoms with E-state index in [2.05, 4.69) is 5.32 Å². The topological polar surface area (TPSA) is 61.9 Å². The number of anilines is 1. The van der Waals surface area contributed by atoms with Crippen molar-refractivity contribution in [2.45, 2.75) is 12.5 Å². The first-order valence-corrected chi connectivity index (χ1v) is 7.57. The van der Waals surface area contributed by atoms with Crippen LogP contribution in [0.1, 0.15) is 6.42 Å². The highest BCUT2D eigenvalue weighted by Gasteiger charge is 2.37. The molecule has 1 fully saturated rings. The van der Waals surface area contributed by atoms with Crippen LogP contribution in [0.15, 0.2) is 24.3 Å². The monoisotopic (exact) mass is 323 g/mol. The minimum atomic E-state index is -0.550. The summed E-state index contributed by atoms with van der Waals surface area (Å²) in [4.78, 5) is 27.5. The number of hydrogen-bond acceptors (Lipinski definition) is 4. The standard InChI is InChI=1S/C16H22FN3O3/c1-19(15(21)11-18-8-10-23-2)14-7-9-20(16(14)22)13-6-4-3-5-12(13)17/h3-6,14,18H,7-11H2,1-2H3/t14-/m1/s1. The van der Waals surface area contributed by atoms with E-state index in [0.717, 1.165) is 0 Å². The number of methoxy groups -OCH3 is 1. The molecule has 23 heavy (non-hydrogen) atoms. The summed E-state index contributed by atoms with van der Waals surface area (Å²) in [6.07, 6.45) is 0.494. The molecule has 1 N–H and O–H groups in total. The van der Waals surface area contributed by atoms with Gasteiger partial charge in [-0.2, -0.15) is 0 Å². The van der Waals surface area contributed by atoms with E-state index in [-0.39, 0.29) is 24.0 Å². The first kappa shape index (κ1) is 17.4. The van der Waals surface area contributed by atoms with Crippen LogP contribution in [0.4, 0.5) is 10.1 Å². The highest BCUT2D eigenvalue weighted by molar-refractivity contribution is 6.01. The maximum Gasteiger partial charge on any atom is 0.249 e. The van der Waals surface area contributed by atoms with Crippen LogP contribution in [0.2, 0.25) is 0 Å². The van der Waals surface area contributed by atoms with Crippen LogP contribution in [0.25, 0.3) is 0 Å². The molecule has 126 valence electrons. The Morgan fingerprint density at radius 3 is 2.91 bits per heavy atom. The number of nitrogens with one attached hydrogen (secondary N) is 1. The lowest BCUT2D eigenvalue weighted by Gasteiger charge is -2.24. The molecule has 1 atom stereocenters. The van der Waals surface area contributed by atoms with Crippen LogP contribution in [0.3, 0.4) is 0 Å². The van der Waals surface area contributed by atoms with E-state index in [1.54, 1.807) is 32.4 Å². The van der Waals surface area contributed by atoms with Crippen LogP contribution >= 0.6 is 0 Å². The number of rotatable bonds is 7. The SMILES string of the molecule is COCCNCC(=O)N(C)[C@@H]1CCN(c2ccccc2F)C1=O. The number of ether oxygens (including phenoxy) is 1. The van der Waals surface area contributed by atoms with E-state index in [1.807, 2.05) is 0 Å². The minimum absolute atomic E-state index is 0.142. The summed E-state index contributed by atoms with van der Waals surface area (Å²) < 4.78 is 18.7. The smallest absolute Gasteiger partial charge is 0.249 e. The summed E-state index contributed by atoms with van der Waals surface area (Å²) >= 11 is 0. The predicted octanol–water partition coefficient (Wildman–Crippen LogP) is 0.625. The molecule has 1 saturated heterocycles. The molecule has 6 nitrogen and oxygen atoms in total. The molecule has 2 amide bonds. The van der Waals surface area contributed by atoms with Gasteiger partial charge in [-0.3, -0.25) is 9.59 Å². The number of nitrogens with zero attached hydrogens (tertiary/aromatic N) is 2. The summed E-state index contributed by atoms with van der Waals surface area (Å²) in [6.45, 7) is 1.62. The fourth-order valence-electron chi connectivity index (χ4n) is 2.60. The lowest BCUT2D eigenvalue weighted by atomic mass is 10.2. The van der Waals surface area contributed by atoms with E-state index in [0.29, 0.717) is 26.1 Å². The Morgan fingerprint density at radius 2 is 2.22 bits per heavy atom. The van der Waals surface area contributed by atoms with Crippen molar-refractivity contribution in [3.05, 3.63) is 30.1 Å². The Labute approximate surface area is 135 Å². The van der Waals surface area contributed by atoms with Crippen molar-refractivity contribution in [2.75, 3.05) is 45.3 Å². The Bertz CT molecular complexity index is 567. The average molecular weight is 323 g/mol. The lowest BCUT2D eigenvalue weighted by Crippen LogP contribution is -2.46. The number of amides is 2. The minimum Gasteiger partial charge on any atom is -0.383 e. The van der Waals surface area contributed by atoms with Crippen molar-refractivity contribution in [3.63, 3.8) is 0 Å². The molecule has 7 heteroatoms. The molecule has 0 spiro atoms. The maximum absolute atomic E-state index is 13.8. The number of hydrogen-bond donors (Lipinski definition) is 1. The van der Waals surface area contributed by atoms with Crippen LogP contribution < -0.4 is 10.2 Å². The molecule has 0 unspecified atom stereocenters. The second-order valence-electron chi connectivity index (χ2n) is 5.42. The Balaban J connectivity index is 1.96. The molecular formula is C16H22FN3O3. The van der Waals surface area contributed by atoms with E-state index in [4.69, 9.17) is 4.74 Å². The molecule has 0 aliphatic carbocycles. The van der Waals surface area contributed by atoms with E-state index >= 15 is 0 Å². The number of halogens is 1. The molecular weight excluding hydrogens is 301 g/mol. The number of carbonyl (C=O) groups excluding carboxylic acids is 2. The van der Waals surface area contributed by atoms with E-state index in [1.165, 1.54) is 15.9 Å². The van der Waals surface area contributed by atoms with Crippen LogP contribution in [0.5, 0.6) is 0 Å². The van der Waals surface area contributed by atoms with Gasteiger partial charge in [-0.1, -0.05) is 12.1 Å². The third-order valence-corrected chi connectivity index (χ3v) is 3.94. The van der Waals surface area contributed by atoms with Crippen molar-refractivity contribution >= 4 is 17.5 Å². The molecule has 0 radical (unpaired) electrons. The molecule has 1 heterocycles. The second-order valence-corrected chi connectivity index (χ2v) is 5.42. The number of para-hydroxylation sites is 1. The van der Waals surface area contributed by atoms with Crippen LogP contribution in [-0.2, 0) is 14.3 Å². The van der Waals surface area contributed by atoms with Gasteiger partial charge in [0, 0.05) is 27.2 Å².